The summed E-state index contributed by atoms with van der Waals surface area (Å²) in [6, 6.07) is 14.3. The molecule has 3 rings (SSSR count). The fourth-order valence-corrected chi connectivity index (χ4v) is 3.23. The highest BCUT2D eigenvalue weighted by atomic mass is 35.5. The van der Waals surface area contributed by atoms with E-state index in [9.17, 15) is 9.59 Å². The van der Waals surface area contributed by atoms with E-state index in [0.717, 1.165) is 31.6 Å². The van der Waals surface area contributed by atoms with Crippen molar-refractivity contribution >= 4 is 34.8 Å². The fraction of sp³-hybridized carbons (Fsp3) is 0.333. The second-order valence-electron chi connectivity index (χ2n) is 6.69. The Morgan fingerprint density at radius 2 is 1.44 bits per heavy atom. The SMILES string of the molecule is O=C(CNc1ccc(Cl)cc1)Nc1ccc(C(=O)N2CCCCCC2)cc1. The van der Waals surface area contributed by atoms with Gasteiger partial charge in [-0.1, -0.05) is 24.4 Å². The average molecular weight is 386 g/mol. The Balaban J connectivity index is 1.51. The molecular formula is C21H24ClN3O2. The van der Waals surface area contributed by atoms with Crippen LogP contribution < -0.4 is 10.6 Å². The first-order valence-corrected chi connectivity index (χ1v) is 9.68. The van der Waals surface area contributed by atoms with E-state index < -0.39 is 0 Å². The molecule has 0 aromatic heterocycles. The minimum Gasteiger partial charge on any atom is -0.376 e. The van der Waals surface area contributed by atoms with Gasteiger partial charge in [-0.25, -0.2) is 0 Å². The Morgan fingerprint density at radius 1 is 0.852 bits per heavy atom. The molecule has 1 saturated heterocycles. The molecule has 27 heavy (non-hydrogen) atoms. The van der Waals surface area contributed by atoms with Crippen LogP contribution in [-0.2, 0) is 4.79 Å². The number of carbonyl (C=O) groups is 2. The van der Waals surface area contributed by atoms with E-state index in [0.29, 0.717) is 16.3 Å². The largest absolute Gasteiger partial charge is 0.376 e. The van der Waals surface area contributed by atoms with Crippen LogP contribution in [0.5, 0.6) is 0 Å². The van der Waals surface area contributed by atoms with Gasteiger partial charge in [0.1, 0.15) is 0 Å². The molecule has 0 spiro atoms. The summed E-state index contributed by atoms with van der Waals surface area (Å²) in [7, 11) is 0. The van der Waals surface area contributed by atoms with Crippen LogP contribution in [0.1, 0.15) is 36.0 Å². The smallest absolute Gasteiger partial charge is 0.253 e. The molecule has 1 aliphatic heterocycles. The summed E-state index contributed by atoms with van der Waals surface area (Å²) in [5.74, 6) is -0.0873. The molecule has 1 fully saturated rings. The van der Waals surface area contributed by atoms with Crippen LogP contribution in [0.15, 0.2) is 48.5 Å². The van der Waals surface area contributed by atoms with Gasteiger partial charge < -0.3 is 15.5 Å². The third kappa shape index (κ3) is 5.73. The summed E-state index contributed by atoms with van der Waals surface area (Å²) < 4.78 is 0. The van der Waals surface area contributed by atoms with E-state index in [2.05, 4.69) is 10.6 Å². The number of amides is 2. The van der Waals surface area contributed by atoms with Crippen molar-refractivity contribution in [3.8, 4) is 0 Å². The molecular weight excluding hydrogens is 362 g/mol. The topological polar surface area (TPSA) is 61.4 Å². The molecule has 0 bridgehead atoms. The fourth-order valence-electron chi connectivity index (χ4n) is 3.11. The Labute approximate surface area is 164 Å². The first-order chi connectivity index (χ1) is 13.1. The van der Waals surface area contributed by atoms with E-state index in [4.69, 9.17) is 11.6 Å². The lowest BCUT2D eigenvalue weighted by atomic mass is 10.1. The van der Waals surface area contributed by atoms with Crippen LogP contribution in [0.4, 0.5) is 11.4 Å². The molecule has 6 heteroatoms. The lowest BCUT2D eigenvalue weighted by Gasteiger charge is -2.20. The van der Waals surface area contributed by atoms with Crippen LogP contribution in [0.25, 0.3) is 0 Å². The van der Waals surface area contributed by atoms with Gasteiger partial charge in [0.25, 0.3) is 5.91 Å². The van der Waals surface area contributed by atoms with E-state index in [-0.39, 0.29) is 18.4 Å². The van der Waals surface area contributed by atoms with Gasteiger partial charge in [0.2, 0.25) is 5.91 Å². The zero-order valence-corrected chi connectivity index (χ0v) is 16.0. The third-order valence-corrected chi connectivity index (χ3v) is 4.86. The second kappa shape index (κ2) is 9.42. The van der Waals surface area contributed by atoms with Crippen molar-refractivity contribution < 1.29 is 9.59 Å². The van der Waals surface area contributed by atoms with Gasteiger partial charge >= 0.3 is 0 Å². The van der Waals surface area contributed by atoms with Crippen LogP contribution in [-0.4, -0.2) is 36.3 Å². The monoisotopic (exact) mass is 385 g/mol. The number of rotatable bonds is 5. The number of nitrogens with zero attached hydrogens (tertiary/aromatic N) is 1. The average Bonchev–Trinajstić information content (AvgIpc) is 2.97. The minimum absolute atomic E-state index is 0.0687. The zero-order valence-electron chi connectivity index (χ0n) is 15.2. The molecule has 0 atom stereocenters. The molecule has 5 nitrogen and oxygen atoms in total. The van der Waals surface area contributed by atoms with Crippen LogP contribution in [0.3, 0.4) is 0 Å². The Morgan fingerprint density at radius 3 is 2.07 bits per heavy atom. The van der Waals surface area contributed by atoms with Crippen molar-refractivity contribution in [1.29, 1.82) is 0 Å². The standard InChI is InChI=1S/C21H24ClN3O2/c22-17-7-11-18(12-8-17)23-15-20(26)24-19-9-5-16(6-10-19)21(27)25-13-3-1-2-4-14-25/h5-12,23H,1-4,13-15H2,(H,24,26). The number of carbonyl (C=O) groups excluding carboxylic acids is 2. The third-order valence-electron chi connectivity index (χ3n) is 4.61. The highest BCUT2D eigenvalue weighted by Crippen LogP contribution is 2.16. The maximum atomic E-state index is 12.6. The summed E-state index contributed by atoms with van der Waals surface area (Å²) in [5.41, 5.74) is 2.16. The molecule has 0 radical (unpaired) electrons. The number of likely N-dealkylation sites (tertiary alicyclic amines) is 1. The van der Waals surface area contributed by atoms with Crippen LogP contribution >= 0.6 is 11.6 Å². The second-order valence-corrected chi connectivity index (χ2v) is 7.13. The van der Waals surface area contributed by atoms with Crippen molar-refractivity contribution in [2.75, 3.05) is 30.3 Å². The Kier molecular flexibility index (Phi) is 6.71. The predicted molar refractivity (Wildman–Crippen MR) is 109 cm³/mol. The molecule has 1 aliphatic rings. The molecule has 2 aromatic rings. The number of hydrogen-bond donors (Lipinski definition) is 2. The Hall–Kier alpha value is -2.53. The molecule has 2 N–H and O–H groups in total. The molecule has 1 heterocycles. The lowest BCUT2D eigenvalue weighted by molar-refractivity contribution is -0.114. The van der Waals surface area contributed by atoms with Gasteiger partial charge in [-0.3, -0.25) is 9.59 Å². The van der Waals surface area contributed by atoms with E-state index >= 15 is 0 Å². The normalized spacial score (nSPS) is 14.3. The van der Waals surface area contributed by atoms with Crippen molar-refractivity contribution in [3.63, 3.8) is 0 Å². The number of hydrogen-bond acceptors (Lipinski definition) is 3. The molecule has 2 amide bonds. The highest BCUT2D eigenvalue weighted by molar-refractivity contribution is 6.30. The van der Waals surface area contributed by atoms with E-state index in [1.54, 1.807) is 36.4 Å². The molecule has 2 aromatic carbocycles. The summed E-state index contributed by atoms with van der Waals surface area (Å²) in [6.45, 7) is 1.80. The van der Waals surface area contributed by atoms with Crippen molar-refractivity contribution in [2.45, 2.75) is 25.7 Å². The van der Waals surface area contributed by atoms with Crippen molar-refractivity contribution in [2.24, 2.45) is 0 Å². The quantitative estimate of drug-likeness (QED) is 0.801. The maximum Gasteiger partial charge on any atom is 0.253 e. The first kappa shape index (κ1) is 19.2. The number of halogens is 1. The summed E-state index contributed by atoms with van der Waals surface area (Å²) in [4.78, 5) is 26.6. The summed E-state index contributed by atoms with van der Waals surface area (Å²) in [6.07, 6.45) is 4.53. The zero-order chi connectivity index (χ0) is 19.1. The van der Waals surface area contributed by atoms with E-state index in [1.807, 2.05) is 17.0 Å². The minimum atomic E-state index is -0.156. The van der Waals surface area contributed by atoms with Gasteiger partial charge in [-0.15, -0.1) is 0 Å². The summed E-state index contributed by atoms with van der Waals surface area (Å²) in [5, 5.41) is 6.52. The molecule has 0 aliphatic carbocycles. The molecule has 0 saturated carbocycles. The van der Waals surface area contributed by atoms with Crippen molar-refractivity contribution in [3.05, 3.63) is 59.1 Å². The van der Waals surface area contributed by atoms with Gasteiger partial charge in [-0.05, 0) is 61.4 Å². The number of nitrogens with one attached hydrogen (secondary N) is 2. The van der Waals surface area contributed by atoms with Crippen LogP contribution in [0.2, 0.25) is 5.02 Å². The van der Waals surface area contributed by atoms with Crippen LogP contribution in [0, 0.1) is 0 Å². The highest BCUT2D eigenvalue weighted by Gasteiger charge is 2.17. The molecule has 142 valence electrons. The molecule has 0 unspecified atom stereocenters. The number of anilines is 2. The van der Waals surface area contributed by atoms with Gasteiger partial charge in [-0.2, -0.15) is 0 Å². The van der Waals surface area contributed by atoms with Gasteiger partial charge in [0, 0.05) is 35.1 Å². The number of benzene rings is 2. The first-order valence-electron chi connectivity index (χ1n) is 9.30. The van der Waals surface area contributed by atoms with E-state index in [1.165, 1.54) is 12.8 Å². The maximum absolute atomic E-state index is 12.6. The van der Waals surface area contributed by atoms with Gasteiger partial charge in [0.05, 0.1) is 6.54 Å². The summed E-state index contributed by atoms with van der Waals surface area (Å²) >= 11 is 5.84. The van der Waals surface area contributed by atoms with Crippen molar-refractivity contribution in [1.82, 2.24) is 4.90 Å². The van der Waals surface area contributed by atoms with Gasteiger partial charge in [0.15, 0.2) is 0 Å². The predicted octanol–water partition coefficient (Wildman–Crippen LogP) is 4.41. The lowest BCUT2D eigenvalue weighted by Crippen LogP contribution is -2.31. The Bertz CT molecular complexity index is 767.